The molecule has 0 bridgehead atoms. The molecule has 1 unspecified atom stereocenters. The normalized spacial score (nSPS) is 24.8. The van der Waals surface area contributed by atoms with Crippen molar-refractivity contribution in [2.45, 2.75) is 45.0 Å². The number of anilines is 1. The molecule has 6 nitrogen and oxygen atoms in total. The maximum Gasteiger partial charge on any atom is 0.416 e. The van der Waals surface area contributed by atoms with Crippen LogP contribution in [0.15, 0.2) is 35.4 Å². The monoisotopic (exact) mass is 451 g/mol. The topological polar surface area (TPSA) is 53.1 Å². The minimum Gasteiger partial charge on any atom is -0.449 e. The SMILES string of the molecule is CC1=C(C(=O)N2CCN(c3cccc(C(F)(F)F)c3)CC2)C2(CCN(C(C)C)C2)OC1=O. The summed E-state index contributed by atoms with van der Waals surface area (Å²) in [6, 6.07) is 5.52. The van der Waals surface area contributed by atoms with Crippen LogP contribution in [0.25, 0.3) is 0 Å². The average Bonchev–Trinajstić information content (AvgIpc) is 3.28. The summed E-state index contributed by atoms with van der Waals surface area (Å²) in [6.07, 6.45) is -3.81. The van der Waals surface area contributed by atoms with Crippen LogP contribution in [0.4, 0.5) is 18.9 Å². The molecule has 1 atom stereocenters. The Kier molecular flexibility index (Phi) is 5.73. The van der Waals surface area contributed by atoms with E-state index >= 15 is 0 Å². The zero-order valence-corrected chi connectivity index (χ0v) is 18.5. The number of benzene rings is 1. The Bertz CT molecular complexity index is 951. The van der Waals surface area contributed by atoms with Crippen molar-refractivity contribution in [2.75, 3.05) is 44.2 Å². The van der Waals surface area contributed by atoms with Crippen LogP contribution in [0.1, 0.15) is 32.8 Å². The van der Waals surface area contributed by atoms with Gasteiger partial charge < -0.3 is 14.5 Å². The predicted octanol–water partition coefficient (Wildman–Crippen LogP) is 3.08. The summed E-state index contributed by atoms with van der Waals surface area (Å²) in [7, 11) is 0. The molecule has 0 N–H and O–H groups in total. The first kappa shape index (κ1) is 22.6. The van der Waals surface area contributed by atoms with Gasteiger partial charge in [0.05, 0.1) is 11.1 Å². The van der Waals surface area contributed by atoms with Gasteiger partial charge in [-0.1, -0.05) is 6.07 Å². The Morgan fingerprint density at radius 3 is 2.41 bits per heavy atom. The van der Waals surface area contributed by atoms with Crippen molar-refractivity contribution in [3.63, 3.8) is 0 Å². The lowest BCUT2D eigenvalue weighted by Gasteiger charge is -2.38. The summed E-state index contributed by atoms with van der Waals surface area (Å²) in [5.74, 6) is -0.649. The first-order valence-corrected chi connectivity index (χ1v) is 10.9. The molecule has 0 saturated carbocycles. The maximum atomic E-state index is 13.5. The minimum absolute atomic E-state index is 0.206. The molecule has 0 radical (unpaired) electrons. The van der Waals surface area contributed by atoms with Crippen molar-refractivity contribution < 1.29 is 27.5 Å². The second-order valence-corrected chi connectivity index (χ2v) is 9.03. The molecule has 3 aliphatic rings. The molecular formula is C23H28F3N3O3. The van der Waals surface area contributed by atoms with Gasteiger partial charge in [0.15, 0.2) is 5.60 Å². The molecule has 1 amide bonds. The van der Waals surface area contributed by atoms with Gasteiger partial charge in [-0.2, -0.15) is 13.2 Å². The highest BCUT2D eigenvalue weighted by atomic mass is 19.4. The fourth-order valence-electron chi connectivity index (χ4n) is 4.85. The number of carbonyl (C=O) groups excluding carboxylic acids is 2. The highest BCUT2D eigenvalue weighted by Crippen LogP contribution is 2.42. The second kappa shape index (κ2) is 8.10. The number of ether oxygens (including phenoxy) is 1. The van der Waals surface area contributed by atoms with Gasteiger partial charge in [-0.05, 0) is 39.0 Å². The number of hydrogen-bond donors (Lipinski definition) is 0. The summed E-state index contributed by atoms with van der Waals surface area (Å²) < 4.78 is 44.9. The molecule has 2 fully saturated rings. The molecule has 32 heavy (non-hydrogen) atoms. The molecule has 3 aliphatic heterocycles. The number of rotatable bonds is 3. The van der Waals surface area contributed by atoms with Crippen LogP contribution in [0.3, 0.4) is 0 Å². The van der Waals surface area contributed by atoms with Gasteiger partial charge in [0.25, 0.3) is 5.91 Å². The van der Waals surface area contributed by atoms with E-state index in [4.69, 9.17) is 4.74 Å². The number of amides is 1. The van der Waals surface area contributed by atoms with Crippen LogP contribution in [0.5, 0.6) is 0 Å². The van der Waals surface area contributed by atoms with E-state index in [1.54, 1.807) is 17.9 Å². The molecule has 174 valence electrons. The van der Waals surface area contributed by atoms with Crippen LogP contribution in [0, 0.1) is 0 Å². The van der Waals surface area contributed by atoms with E-state index in [9.17, 15) is 22.8 Å². The molecule has 1 aromatic rings. The van der Waals surface area contributed by atoms with Crippen LogP contribution < -0.4 is 4.90 Å². The van der Waals surface area contributed by atoms with E-state index in [1.165, 1.54) is 6.07 Å². The average molecular weight is 451 g/mol. The number of alkyl halides is 3. The lowest BCUT2D eigenvalue weighted by molar-refractivity contribution is -0.147. The fourth-order valence-corrected chi connectivity index (χ4v) is 4.85. The Labute approximate surface area is 185 Å². The van der Waals surface area contributed by atoms with Crippen LogP contribution in [-0.4, -0.2) is 72.6 Å². The molecule has 4 rings (SSSR count). The van der Waals surface area contributed by atoms with Crippen molar-refractivity contribution in [3.05, 3.63) is 41.0 Å². The highest BCUT2D eigenvalue weighted by Gasteiger charge is 2.54. The fraction of sp³-hybridized carbons (Fsp3) is 0.565. The lowest BCUT2D eigenvalue weighted by Crippen LogP contribution is -2.51. The van der Waals surface area contributed by atoms with Gasteiger partial charge >= 0.3 is 12.1 Å². The van der Waals surface area contributed by atoms with Crippen molar-refractivity contribution in [2.24, 2.45) is 0 Å². The van der Waals surface area contributed by atoms with Gasteiger partial charge in [-0.3, -0.25) is 9.69 Å². The van der Waals surface area contributed by atoms with Gasteiger partial charge in [0, 0.05) is 63.0 Å². The summed E-state index contributed by atoms with van der Waals surface area (Å²) in [5, 5.41) is 0. The summed E-state index contributed by atoms with van der Waals surface area (Å²) in [6.45, 7) is 8.59. The van der Waals surface area contributed by atoms with Crippen molar-refractivity contribution in [1.29, 1.82) is 0 Å². The zero-order valence-electron chi connectivity index (χ0n) is 18.5. The van der Waals surface area contributed by atoms with E-state index in [1.807, 2.05) is 4.90 Å². The number of likely N-dealkylation sites (tertiary alicyclic amines) is 1. The van der Waals surface area contributed by atoms with E-state index in [-0.39, 0.29) is 11.9 Å². The lowest BCUT2D eigenvalue weighted by atomic mass is 9.90. The number of nitrogens with zero attached hydrogens (tertiary/aromatic N) is 3. The molecule has 2 saturated heterocycles. The van der Waals surface area contributed by atoms with Crippen LogP contribution in [-0.2, 0) is 20.5 Å². The Morgan fingerprint density at radius 1 is 1.12 bits per heavy atom. The highest BCUT2D eigenvalue weighted by molar-refractivity contribution is 6.07. The third-order valence-corrected chi connectivity index (χ3v) is 6.74. The van der Waals surface area contributed by atoms with Gasteiger partial charge in [0.2, 0.25) is 0 Å². The van der Waals surface area contributed by atoms with Crippen molar-refractivity contribution in [3.8, 4) is 0 Å². The first-order valence-electron chi connectivity index (χ1n) is 10.9. The number of hydrogen-bond acceptors (Lipinski definition) is 5. The first-order chi connectivity index (χ1) is 15.0. The standard InChI is InChI=1S/C23H28F3N3O3/c1-15(2)29-8-7-22(14-29)19(16(3)21(31)32-22)20(30)28-11-9-27(10-12-28)18-6-4-5-17(13-18)23(24,25)26/h4-6,13,15H,7-12,14H2,1-3H3. The summed E-state index contributed by atoms with van der Waals surface area (Å²) in [4.78, 5) is 31.6. The van der Waals surface area contributed by atoms with Crippen molar-refractivity contribution >= 4 is 17.6 Å². The van der Waals surface area contributed by atoms with Gasteiger partial charge in [0.1, 0.15) is 0 Å². The molecule has 9 heteroatoms. The Balaban J connectivity index is 1.48. The Morgan fingerprint density at radius 2 is 1.81 bits per heavy atom. The van der Waals surface area contributed by atoms with Gasteiger partial charge in [-0.15, -0.1) is 0 Å². The Hall–Kier alpha value is -2.55. The predicted molar refractivity (Wildman–Crippen MR) is 113 cm³/mol. The minimum atomic E-state index is -4.40. The van der Waals surface area contributed by atoms with Crippen LogP contribution in [0.2, 0.25) is 0 Å². The van der Waals surface area contributed by atoms with E-state index in [0.717, 1.165) is 18.7 Å². The van der Waals surface area contributed by atoms with Gasteiger partial charge in [-0.25, -0.2) is 4.79 Å². The molecule has 0 aliphatic carbocycles. The maximum absolute atomic E-state index is 13.5. The molecule has 1 spiro atoms. The quantitative estimate of drug-likeness (QED) is 0.662. The summed E-state index contributed by atoms with van der Waals surface area (Å²) >= 11 is 0. The van der Waals surface area contributed by atoms with Crippen LogP contribution >= 0.6 is 0 Å². The molecule has 3 heterocycles. The molecule has 1 aromatic carbocycles. The van der Waals surface area contributed by atoms with E-state index in [2.05, 4.69) is 18.7 Å². The molecular weight excluding hydrogens is 423 g/mol. The largest absolute Gasteiger partial charge is 0.449 e. The smallest absolute Gasteiger partial charge is 0.416 e. The number of carbonyl (C=O) groups is 2. The molecule has 0 aromatic heterocycles. The third kappa shape index (κ3) is 3.98. The van der Waals surface area contributed by atoms with Crippen molar-refractivity contribution in [1.82, 2.24) is 9.80 Å². The third-order valence-electron chi connectivity index (χ3n) is 6.74. The van der Waals surface area contributed by atoms with E-state index < -0.39 is 23.3 Å². The number of halogens is 3. The van der Waals surface area contributed by atoms with E-state index in [0.29, 0.717) is 56.0 Å². The number of esters is 1. The summed E-state index contributed by atoms with van der Waals surface area (Å²) in [5.41, 5.74) is -0.296. The number of piperazine rings is 1. The zero-order chi connectivity index (χ0) is 23.3. The second-order valence-electron chi connectivity index (χ2n) is 9.03.